The first kappa shape index (κ1) is 19.9. The van der Waals surface area contributed by atoms with Crippen LogP contribution in [0.2, 0.25) is 0 Å². The Hall–Kier alpha value is -3.41. The van der Waals surface area contributed by atoms with E-state index in [0.29, 0.717) is 12.1 Å². The smallest absolute Gasteiger partial charge is 0.251 e. The van der Waals surface area contributed by atoms with Crippen LogP contribution in [0, 0.1) is 13.8 Å². The Balaban J connectivity index is 1.36. The van der Waals surface area contributed by atoms with Crippen molar-refractivity contribution in [3.63, 3.8) is 0 Å². The highest BCUT2D eigenvalue weighted by Crippen LogP contribution is 2.27. The molecule has 0 fully saturated rings. The molecule has 1 aromatic heterocycles. The first-order valence-corrected chi connectivity index (χ1v) is 10.3. The lowest BCUT2D eigenvalue weighted by atomic mass is 10.1. The van der Waals surface area contributed by atoms with Gasteiger partial charge in [-0.1, -0.05) is 24.3 Å². The zero-order valence-corrected chi connectivity index (χ0v) is 17.4. The molecule has 1 aliphatic carbocycles. The maximum absolute atomic E-state index is 12.3. The number of carbonyl (C=O) groups is 2. The highest BCUT2D eigenvalue weighted by molar-refractivity contribution is 5.96. The van der Waals surface area contributed by atoms with Crippen LogP contribution in [-0.4, -0.2) is 28.1 Å². The highest BCUT2D eigenvalue weighted by atomic mass is 16.2. The Kier molecular flexibility index (Phi) is 5.65. The van der Waals surface area contributed by atoms with Gasteiger partial charge in [-0.05, 0) is 74.1 Å². The number of amides is 2. The molecule has 0 unspecified atom stereocenters. The van der Waals surface area contributed by atoms with E-state index in [9.17, 15) is 9.59 Å². The third-order valence-corrected chi connectivity index (χ3v) is 5.65. The Morgan fingerprint density at radius 2 is 1.80 bits per heavy atom. The molecule has 1 heterocycles. The first-order chi connectivity index (χ1) is 14.5. The van der Waals surface area contributed by atoms with Crippen molar-refractivity contribution in [3.8, 4) is 5.69 Å². The number of aryl methyl sites for hydroxylation is 2. The van der Waals surface area contributed by atoms with Gasteiger partial charge in [0.15, 0.2) is 0 Å². The van der Waals surface area contributed by atoms with Crippen LogP contribution in [0.25, 0.3) is 5.69 Å². The number of rotatable bonds is 6. The van der Waals surface area contributed by atoms with E-state index < -0.39 is 0 Å². The number of nitrogens with zero attached hydrogens (tertiary/aromatic N) is 2. The largest absolute Gasteiger partial charge is 0.349 e. The lowest BCUT2D eigenvalue weighted by molar-refractivity contribution is -0.120. The molecule has 0 saturated heterocycles. The zero-order valence-electron chi connectivity index (χ0n) is 17.4. The van der Waals surface area contributed by atoms with Gasteiger partial charge in [0.25, 0.3) is 5.91 Å². The molecule has 0 bridgehead atoms. The average Bonchev–Trinajstić information content (AvgIpc) is 3.36. The van der Waals surface area contributed by atoms with Gasteiger partial charge in [0.2, 0.25) is 5.91 Å². The summed E-state index contributed by atoms with van der Waals surface area (Å²) in [7, 11) is 0. The topological polar surface area (TPSA) is 76.0 Å². The quantitative estimate of drug-likeness (QED) is 0.665. The maximum atomic E-state index is 12.3. The summed E-state index contributed by atoms with van der Waals surface area (Å²) in [6.07, 6.45) is 3.08. The maximum Gasteiger partial charge on any atom is 0.251 e. The fourth-order valence-electron chi connectivity index (χ4n) is 3.83. The second kappa shape index (κ2) is 8.53. The normalized spacial score (nSPS) is 12.5. The van der Waals surface area contributed by atoms with Crippen LogP contribution < -0.4 is 10.6 Å². The number of hydrogen-bond donors (Lipinski definition) is 2. The Morgan fingerprint density at radius 3 is 2.57 bits per heavy atom. The molecule has 0 atom stereocenters. The van der Waals surface area contributed by atoms with E-state index >= 15 is 0 Å². The van der Waals surface area contributed by atoms with Crippen molar-refractivity contribution in [1.29, 1.82) is 0 Å². The standard InChI is InChI=1S/C24H26N4O2/c1-16-11-12-18(13-17(16)2)24(30)26-15-23(29)25-14-21-20-9-6-10-22(20)28(27-21)19-7-4-3-5-8-19/h3-5,7-8,11-13H,6,9-10,14-15H2,1-2H3,(H,25,29)(H,26,30). The molecule has 2 N–H and O–H groups in total. The summed E-state index contributed by atoms with van der Waals surface area (Å²) in [6.45, 7) is 4.26. The second-order valence-corrected chi connectivity index (χ2v) is 7.73. The minimum absolute atomic E-state index is 0.0622. The summed E-state index contributed by atoms with van der Waals surface area (Å²) in [4.78, 5) is 24.6. The fraction of sp³-hybridized carbons (Fsp3) is 0.292. The van der Waals surface area contributed by atoms with Crippen molar-refractivity contribution in [3.05, 3.63) is 82.2 Å². The van der Waals surface area contributed by atoms with Crippen LogP contribution >= 0.6 is 0 Å². The van der Waals surface area contributed by atoms with E-state index in [1.807, 2.05) is 61.0 Å². The van der Waals surface area contributed by atoms with Crippen molar-refractivity contribution >= 4 is 11.8 Å². The molecule has 1 aliphatic rings. The van der Waals surface area contributed by atoms with Crippen LogP contribution in [0.4, 0.5) is 0 Å². The molecule has 0 saturated carbocycles. The van der Waals surface area contributed by atoms with Crippen LogP contribution in [0.15, 0.2) is 48.5 Å². The van der Waals surface area contributed by atoms with Crippen LogP contribution in [0.5, 0.6) is 0 Å². The molecule has 2 aromatic carbocycles. The third-order valence-electron chi connectivity index (χ3n) is 5.65. The number of para-hydroxylation sites is 1. The van der Waals surface area contributed by atoms with Gasteiger partial charge in [-0.15, -0.1) is 0 Å². The molecule has 154 valence electrons. The summed E-state index contributed by atoms with van der Waals surface area (Å²) in [6, 6.07) is 15.6. The van der Waals surface area contributed by atoms with Crippen molar-refractivity contribution in [2.75, 3.05) is 6.54 Å². The number of carbonyl (C=O) groups excluding carboxylic acids is 2. The van der Waals surface area contributed by atoms with E-state index in [-0.39, 0.29) is 18.4 Å². The van der Waals surface area contributed by atoms with E-state index in [0.717, 1.165) is 41.8 Å². The second-order valence-electron chi connectivity index (χ2n) is 7.73. The van der Waals surface area contributed by atoms with E-state index in [4.69, 9.17) is 5.10 Å². The zero-order chi connectivity index (χ0) is 21.1. The monoisotopic (exact) mass is 402 g/mol. The van der Waals surface area contributed by atoms with Crippen molar-refractivity contribution in [1.82, 2.24) is 20.4 Å². The van der Waals surface area contributed by atoms with Gasteiger partial charge < -0.3 is 10.6 Å². The molecule has 0 radical (unpaired) electrons. The number of aromatic nitrogens is 2. The Labute approximate surface area is 176 Å². The lowest BCUT2D eigenvalue weighted by Gasteiger charge is -2.08. The van der Waals surface area contributed by atoms with Crippen molar-refractivity contribution in [2.24, 2.45) is 0 Å². The van der Waals surface area contributed by atoms with Crippen molar-refractivity contribution < 1.29 is 9.59 Å². The minimum atomic E-state index is -0.248. The van der Waals surface area contributed by atoms with Gasteiger partial charge >= 0.3 is 0 Å². The molecule has 30 heavy (non-hydrogen) atoms. The molecule has 4 rings (SSSR count). The summed E-state index contributed by atoms with van der Waals surface area (Å²) < 4.78 is 1.99. The Morgan fingerprint density at radius 1 is 1.00 bits per heavy atom. The summed E-state index contributed by atoms with van der Waals surface area (Å²) in [5.74, 6) is -0.476. The predicted octanol–water partition coefficient (Wildman–Crippen LogP) is 3.02. The molecule has 2 amide bonds. The number of benzene rings is 2. The van der Waals surface area contributed by atoms with Gasteiger partial charge in [0, 0.05) is 11.3 Å². The van der Waals surface area contributed by atoms with Crippen molar-refractivity contribution in [2.45, 2.75) is 39.7 Å². The van der Waals surface area contributed by atoms with Gasteiger partial charge in [-0.3, -0.25) is 9.59 Å². The molecule has 0 spiro atoms. The van der Waals surface area contributed by atoms with Crippen LogP contribution in [-0.2, 0) is 24.2 Å². The third kappa shape index (κ3) is 4.13. The van der Waals surface area contributed by atoms with Gasteiger partial charge in [-0.2, -0.15) is 5.10 Å². The first-order valence-electron chi connectivity index (χ1n) is 10.3. The molecular weight excluding hydrogens is 376 g/mol. The minimum Gasteiger partial charge on any atom is -0.349 e. The van der Waals surface area contributed by atoms with Crippen LogP contribution in [0.3, 0.4) is 0 Å². The SMILES string of the molecule is Cc1ccc(C(=O)NCC(=O)NCc2nn(-c3ccccc3)c3c2CCC3)cc1C. The molecular formula is C24H26N4O2. The number of nitrogens with one attached hydrogen (secondary N) is 2. The Bertz CT molecular complexity index is 1090. The fourth-order valence-corrected chi connectivity index (χ4v) is 3.83. The van der Waals surface area contributed by atoms with Crippen LogP contribution in [0.1, 0.15) is 44.9 Å². The van der Waals surface area contributed by atoms with E-state index in [1.54, 1.807) is 6.07 Å². The van der Waals surface area contributed by atoms with E-state index in [2.05, 4.69) is 10.6 Å². The molecule has 6 heteroatoms. The summed E-state index contributed by atoms with van der Waals surface area (Å²) >= 11 is 0. The average molecular weight is 402 g/mol. The number of fused-ring (bicyclic) bond motifs is 1. The summed E-state index contributed by atoms with van der Waals surface area (Å²) in [5, 5.41) is 10.3. The predicted molar refractivity (Wildman–Crippen MR) is 116 cm³/mol. The molecule has 3 aromatic rings. The van der Waals surface area contributed by atoms with E-state index in [1.165, 1.54) is 11.3 Å². The van der Waals surface area contributed by atoms with Gasteiger partial charge in [0.05, 0.1) is 24.5 Å². The highest BCUT2D eigenvalue weighted by Gasteiger charge is 2.23. The molecule has 0 aliphatic heterocycles. The van der Waals surface area contributed by atoms with Gasteiger partial charge in [0.1, 0.15) is 0 Å². The lowest BCUT2D eigenvalue weighted by Crippen LogP contribution is -2.36. The van der Waals surface area contributed by atoms with Gasteiger partial charge in [-0.25, -0.2) is 4.68 Å². The summed E-state index contributed by atoms with van der Waals surface area (Å²) in [5.41, 5.74) is 7.15. The number of hydrogen-bond acceptors (Lipinski definition) is 3. The molecule has 6 nitrogen and oxygen atoms in total.